The summed E-state index contributed by atoms with van der Waals surface area (Å²) < 4.78 is 0. The Bertz CT molecular complexity index is 331. The lowest BCUT2D eigenvalue weighted by atomic mass is 10.1. The number of carbonyl (C=O) groups is 1. The van der Waals surface area contributed by atoms with Gasteiger partial charge in [-0.1, -0.05) is 0 Å². The first-order valence-electron chi connectivity index (χ1n) is 4.64. The molecule has 78 valence electrons. The second-order valence-electron chi connectivity index (χ2n) is 3.59. The zero-order valence-electron chi connectivity index (χ0n) is 8.50. The zero-order valence-corrected chi connectivity index (χ0v) is 8.50. The van der Waals surface area contributed by atoms with E-state index >= 15 is 0 Å². The Hall–Kier alpha value is -1.29. The average Bonchev–Trinajstić information content (AvgIpc) is 2.41. The van der Waals surface area contributed by atoms with Crippen LogP contribution in [0, 0.1) is 13.8 Å². The summed E-state index contributed by atoms with van der Waals surface area (Å²) in [7, 11) is 0. The molecule has 0 radical (unpaired) electrons. The van der Waals surface area contributed by atoms with Gasteiger partial charge in [0.05, 0.1) is 0 Å². The lowest BCUT2D eigenvalue weighted by molar-refractivity contribution is -0.137. The molecule has 1 heterocycles. The van der Waals surface area contributed by atoms with Crippen molar-refractivity contribution in [1.29, 1.82) is 0 Å². The van der Waals surface area contributed by atoms with Crippen LogP contribution in [0.1, 0.15) is 35.8 Å². The third-order valence-corrected chi connectivity index (χ3v) is 2.23. The average molecular weight is 196 g/mol. The monoisotopic (exact) mass is 196 g/mol. The first-order chi connectivity index (χ1) is 6.50. The van der Waals surface area contributed by atoms with Crippen LogP contribution in [-0.2, 0) is 4.79 Å². The molecule has 4 N–H and O–H groups in total. The van der Waals surface area contributed by atoms with Crippen molar-refractivity contribution >= 4 is 5.97 Å². The maximum absolute atomic E-state index is 10.4. The zero-order chi connectivity index (χ0) is 10.7. The third-order valence-electron chi connectivity index (χ3n) is 2.23. The molecule has 0 aliphatic carbocycles. The van der Waals surface area contributed by atoms with E-state index in [0.29, 0.717) is 6.42 Å². The SMILES string of the molecule is Cc1cc(C)c([C@H](N)CCC(=O)O)[nH]1. The molecule has 1 rings (SSSR count). The van der Waals surface area contributed by atoms with Gasteiger partial charge < -0.3 is 15.8 Å². The second kappa shape index (κ2) is 4.28. The summed E-state index contributed by atoms with van der Waals surface area (Å²) in [5.74, 6) is -0.804. The first-order valence-corrected chi connectivity index (χ1v) is 4.64. The Morgan fingerprint density at radius 2 is 2.29 bits per heavy atom. The molecule has 0 saturated carbocycles. The number of nitrogens with two attached hydrogens (primary N) is 1. The molecule has 1 aromatic heterocycles. The number of aryl methyl sites for hydroxylation is 2. The number of carboxylic acid groups (broad SMARTS) is 1. The molecule has 1 aromatic rings. The highest BCUT2D eigenvalue weighted by molar-refractivity contribution is 5.66. The van der Waals surface area contributed by atoms with Crippen molar-refractivity contribution in [3.05, 3.63) is 23.0 Å². The van der Waals surface area contributed by atoms with E-state index < -0.39 is 5.97 Å². The summed E-state index contributed by atoms with van der Waals surface area (Å²) in [5, 5.41) is 8.52. The first kappa shape index (κ1) is 10.8. The van der Waals surface area contributed by atoms with Gasteiger partial charge in [-0.15, -0.1) is 0 Å². The highest BCUT2D eigenvalue weighted by Gasteiger charge is 2.12. The lowest BCUT2D eigenvalue weighted by Crippen LogP contribution is -2.13. The molecule has 14 heavy (non-hydrogen) atoms. The number of hydrogen-bond donors (Lipinski definition) is 3. The number of rotatable bonds is 4. The van der Waals surface area contributed by atoms with Crippen LogP contribution in [0.25, 0.3) is 0 Å². The molecule has 4 heteroatoms. The van der Waals surface area contributed by atoms with E-state index in [-0.39, 0.29) is 12.5 Å². The topological polar surface area (TPSA) is 79.1 Å². The van der Waals surface area contributed by atoms with Crippen LogP contribution in [0.2, 0.25) is 0 Å². The number of nitrogens with one attached hydrogen (secondary N) is 1. The smallest absolute Gasteiger partial charge is 0.303 e. The van der Waals surface area contributed by atoms with Gasteiger partial charge in [-0.25, -0.2) is 0 Å². The Morgan fingerprint density at radius 1 is 1.64 bits per heavy atom. The van der Waals surface area contributed by atoms with Gasteiger partial charge in [-0.2, -0.15) is 0 Å². The molecular weight excluding hydrogens is 180 g/mol. The number of hydrogen-bond acceptors (Lipinski definition) is 2. The number of H-pyrrole nitrogens is 1. The molecule has 0 aromatic carbocycles. The van der Waals surface area contributed by atoms with Gasteiger partial charge in [-0.05, 0) is 31.9 Å². The fourth-order valence-corrected chi connectivity index (χ4v) is 1.56. The summed E-state index contributed by atoms with van der Waals surface area (Å²) in [6, 6.07) is 1.80. The molecular formula is C10H16N2O2. The largest absolute Gasteiger partial charge is 0.481 e. The highest BCUT2D eigenvalue weighted by atomic mass is 16.4. The van der Waals surface area contributed by atoms with Gasteiger partial charge in [0.25, 0.3) is 0 Å². The molecule has 0 amide bonds. The van der Waals surface area contributed by atoms with Crippen LogP contribution in [0.4, 0.5) is 0 Å². The Labute approximate surface area is 83.1 Å². The summed E-state index contributed by atoms with van der Waals surface area (Å²) >= 11 is 0. The fraction of sp³-hybridized carbons (Fsp3) is 0.500. The van der Waals surface area contributed by atoms with Gasteiger partial charge in [0, 0.05) is 23.9 Å². The molecule has 0 bridgehead atoms. The van der Waals surface area contributed by atoms with Crippen molar-refractivity contribution in [1.82, 2.24) is 4.98 Å². The summed E-state index contributed by atoms with van der Waals surface area (Å²) in [4.78, 5) is 13.5. The normalized spacial score (nSPS) is 12.8. The lowest BCUT2D eigenvalue weighted by Gasteiger charge is -2.09. The molecule has 0 saturated heterocycles. The van der Waals surface area contributed by atoms with Gasteiger partial charge in [0.2, 0.25) is 0 Å². The summed E-state index contributed by atoms with van der Waals surface area (Å²) in [6.07, 6.45) is 0.578. The Kier molecular flexibility index (Phi) is 3.30. The standard InChI is InChI=1S/C10H16N2O2/c1-6-5-7(2)12-10(6)8(11)3-4-9(13)14/h5,8,12H,3-4,11H2,1-2H3,(H,13,14)/t8-/m1/s1. The number of aromatic amines is 1. The third kappa shape index (κ3) is 2.60. The van der Waals surface area contributed by atoms with Crippen LogP contribution in [-0.4, -0.2) is 16.1 Å². The van der Waals surface area contributed by atoms with Crippen LogP contribution >= 0.6 is 0 Å². The predicted molar refractivity (Wildman–Crippen MR) is 54.1 cm³/mol. The fourth-order valence-electron chi connectivity index (χ4n) is 1.56. The van der Waals surface area contributed by atoms with Crippen molar-refractivity contribution in [2.24, 2.45) is 5.73 Å². The van der Waals surface area contributed by atoms with E-state index in [1.54, 1.807) is 0 Å². The molecule has 0 aliphatic rings. The molecule has 4 nitrogen and oxygen atoms in total. The van der Waals surface area contributed by atoms with E-state index in [4.69, 9.17) is 10.8 Å². The van der Waals surface area contributed by atoms with Crippen LogP contribution in [0.15, 0.2) is 6.07 Å². The minimum Gasteiger partial charge on any atom is -0.481 e. The number of carboxylic acids is 1. The summed E-state index contributed by atoms with van der Waals surface area (Å²) in [5.41, 5.74) is 8.97. The van der Waals surface area contributed by atoms with Crippen molar-refractivity contribution in [3.8, 4) is 0 Å². The van der Waals surface area contributed by atoms with Crippen molar-refractivity contribution in [3.63, 3.8) is 0 Å². The summed E-state index contributed by atoms with van der Waals surface area (Å²) in [6.45, 7) is 3.93. The van der Waals surface area contributed by atoms with E-state index in [1.165, 1.54) is 0 Å². The van der Waals surface area contributed by atoms with Crippen LogP contribution in [0.5, 0.6) is 0 Å². The van der Waals surface area contributed by atoms with Gasteiger partial charge in [-0.3, -0.25) is 4.79 Å². The van der Waals surface area contributed by atoms with E-state index in [0.717, 1.165) is 17.0 Å². The van der Waals surface area contributed by atoms with Crippen molar-refractivity contribution in [2.45, 2.75) is 32.7 Å². The minimum atomic E-state index is -0.804. The highest BCUT2D eigenvalue weighted by Crippen LogP contribution is 2.19. The van der Waals surface area contributed by atoms with Crippen LogP contribution < -0.4 is 5.73 Å². The van der Waals surface area contributed by atoms with E-state index in [9.17, 15) is 4.79 Å². The molecule has 0 unspecified atom stereocenters. The van der Waals surface area contributed by atoms with Gasteiger partial charge >= 0.3 is 5.97 Å². The predicted octanol–water partition coefficient (Wildman–Crippen LogP) is 1.50. The molecule has 0 fully saturated rings. The van der Waals surface area contributed by atoms with Gasteiger partial charge in [0.1, 0.15) is 0 Å². The molecule has 1 atom stereocenters. The molecule has 0 aliphatic heterocycles. The minimum absolute atomic E-state index is 0.110. The maximum Gasteiger partial charge on any atom is 0.303 e. The van der Waals surface area contributed by atoms with E-state index in [1.807, 2.05) is 19.9 Å². The maximum atomic E-state index is 10.4. The number of aliphatic carboxylic acids is 1. The quantitative estimate of drug-likeness (QED) is 0.682. The van der Waals surface area contributed by atoms with E-state index in [2.05, 4.69) is 4.98 Å². The Balaban J connectivity index is 2.64. The van der Waals surface area contributed by atoms with Crippen molar-refractivity contribution < 1.29 is 9.90 Å². The van der Waals surface area contributed by atoms with Crippen molar-refractivity contribution in [2.75, 3.05) is 0 Å². The Morgan fingerprint density at radius 3 is 2.71 bits per heavy atom. The molecule has 0 spiro atoms. The van der Waals surface area contributed by atoms with Crippen LogP contribution in [0.3, 0.4) is 0 Å². The van der Waals surface area contributed by atoms with Gasteiger partial charge in [0.15, 0.2) is 0 Å². The number of aromatic nitrogens is 1. The second-order valence-corrected chi connectivity index (χ2v) is 3.59.